The average molecular weight is 293 g/mol. The fourth-order valence-corrected chi connectivity index (χ4v) is 2.08. The molecule has 5 nitrogen and oxygen atoms in total. The van der Waals surface area contributed by atoms with Crippen molar-refractivity contribution in [1.29, 1.82) is 0 Å². The highest BCUT2D eigenvalue weighted by Gasteiger charge is 2.16. The number of hydrazine groups is 1. The van der Waals surface area contributed by atoms with Crippen LogP contribution in [-0.2, 0) is 6.61 Å². The van der Waals surface area contributed by atoms with E-state index < -0.39 is 0 Å². The molecule has 0 amide bonds. The summed E-state index contributed by atoms with van der Waals surface area (Å²) in [5.74, 6) is 6.75. The monoisotopic (exact) mass is 292 g/mol. The van der Waals surface area contributed by atoms with Crippen LogP contribution in [0.15, 0.2) is 30.6 Å². The van der Waals surface area contributed by atoms with Gasteiger partial charge >= 0.3 is 0 Å². The number of nitrogens with two attached hydrogens (primary N) is 1. The van der Waals surface area contributed by atoms with Crippen molar-refractivity contribution in [2.24, 2.45) is 5.84 Å². The van der Waals surface area contributed by atoms with E-state index in [0.29, 0.717) is 23.3 Å². The van der Waals surface area contributed by atoms with Gasteiger partial charge in [0.15, 0.2) is 5.82 Å². The first kappa shape index (κ1) is 14.6. The van der Waals surface area contributed by atoms with Gasteiger partial charge in [0.2, 0.25) is 5.88 Å². The van der Waals surface area contributed by atoms with Crippen molar-refractivity contribution in [2.45, 2.75) is 26.4 Å². The van der Waals surface area contributed by atoms with Crippen LogP contribution >= 0.6 is 11.6 Å². The van der Waals surface area contributed by atoms with Gasteiger partial charge in [-0.3, -0.25) is 0 Å². The van der Waals surface area contributed by atoms with Crippen LogP contribution in [-0.4, -0.2) is 9.97 Å². The summed E-state index contributed by atoms with van der Waals surface area (Å²) in [5, 5.41) is 0.671. The zero-order valence-electron chi connectivity index (χ0n) is 11.4. The third kappa shape index (κ3) is 3.18. The molecule has 1 heterocycles. The fourth-order valence-electron chi connectivity index (χ4n) is 1.89. The van der Waals surface area contributed by atoms with Crippen molar-refractivity contribution in [3.63, 3.8) is 0 Å². The minimum absolute atomic E-state index is 0.184. The molecule has 1 aromatic carbocycles. The van der Waals surface area contributed by atoms with Crippen molar-refractivity contribution in [2.75, 3.05) is 5.43 Å². The van der Waals surface area contributed by atoms with Gasteiger partial charge in [0.05, 0.1) is 5.56 Å². The standard InChI is InChI=1S/C14H17ClN4O/c1-9(2)12-13(19-16)17-8-18-14(12)20-7-10-5-3-4-6-11(10)15/h3-6,8-9H,7,16H2,1-2H3,(H,17,18,19). The molecule has 1 aromatic heterocycles. The summed E-state index contributed by atoms with van der Waals surface area (Å²) in [7, 11) is 0. The minimum atomic E-state index is 0.184. The molecular weight excluding hydrogens is 276 g/mol. The lowest BCUT2D eigenvalue weighted by atomic mass is 10.1. The summed E-state index contributed by atoms with van der Waals surface area (Å²) in [6.45, 7) is 4.41. The Hall–Kier alpha value is -1.85. The van der Waals surface area contributed by atoms with Crippen LogP contribution in [0.2, 0.25) is 5.02 Å². The summed E-state index contributed by atoms with van der Waals surface area (Å²) in [6.07, 6.45) is 1.42. The molecule has 0 aliphatic rings. The second-order valence-corrected chi connectivity index (χ2v) is 5.03. The Morgan fingerprint density at radius 3 is 2.70 bits per heavy atom. The molecule has 0 spiro atoms. The number of halogens is 1. The lowest BCUT2D eigenvalue weighted by Gasteiger charge is -2.15. The first-order valence-corrected chi connectivity index (χ1v) is 6.69. The predicted octanol–water partition coefficient (Wildman–Crippen LogP) is 3.12. The van der Waals surface area contributed by atoms with Crippen molar-refractivity contribution < 1.29 is 4.74 Å². The number of nitrogens with one attached hydrogen (secondary N) is 1. The Labute approximate surface area is 123 Å². The average Bonchev–Trinajstić information content (AvgIpc) is 2.45. The normalized spacial score (nSPS) is 10.7. The van der Waals surface area contributed by atoms with Crippen molar-refractivity contribution in [1.82, 2.24) is 9.97 Å². The lowest BCUT2D eigenvalue weighted by molar-refractivity contribution is 0.289. The maximum atomic E-state index is 6.11. The van der Waals surface area contributed by atoms with E-state index in [0.717, 1.165) is 11.1 Å². The molecule has 106 valence electrons. The van der Waals surface area contributed by atoms with Gasteiger partial charge in [-0.15, -0.1) is 0 Å². The van der Waals surface area contributed by atoms with Crippen LogP contribution in [0.1, 0.15) is 30.9 Å². The van der Waals surface area contributed by atoms with Crippen LogP contribution in [0.5, 0.6) is 5.88 Å². The van der Waals surface area contributed by atoms with Gasteiger partial charge < -0.3 is 10.2 Å². The molecule has 3 N–H and O–H groups in total. The molecule has 0 fully saturated rings. The second kappa shape index (κ2) is 6.54. The number of nitrogen functional groups attached to an aromatic ring is 1. The molecule has 0 saturated carbocycles. The van der Waals surface area contributed by atoms with Gasteiger partial charge in [0.1, 0.15) is 12.9 Å². The number of benzene rings is 1. The van der Waals surface area contributed by atoms with E-state index in [4.69, 9.17) is 22.2 Å². The third-order valence-corrected chi connectivity index (χ3v) is 3.25. The molecule has 0 aliphatic heterocycles. The summed E-state index contributed by atoms with van der Waals surface area (Å²) in [4.78, 5) is 8.28. The Morgan fingerprint density at radius 2 is 2.05 bits per heavy atom. The maximum absolute atomic E-state index is 6.11. The van der Waals surface area contributed by atoms with Crippen LogP contribution in [0.3, 0.4) is 0 Å². The number of anilines is 1. The molecule has 2 rings (SSSR count). The van der Waals surface area contributed by atoms with Gasteiger partial charge in [0, 0.05) is 10.6 Å². The largest absolute Gasteiger partial charge is 0.472 e. The molecule has 0 unspecified atom stereocenters. The van der Waals surface area contributed by atoms with Crippen LogP contribution in [0.4, 0.5) is 5.82 Å². The van der Waals surface area contributed by atoms with E-state index in [2.05, 4.69) is 15.4 Å². The SMILES string of the molecule is CC(C)c1c(NN)ncnc1OCc1ccccc1Cl. The quantitative estimate of drug-likeness (QED) is 0.654. The molecule has 0 radical (unpaired) electrons. The molecule has 20 heavy (non-hydrogen) atoms. The summed E-state index contributed by atoms with van der Waals surface area (Å²) >= 11 is 6.11. The number of nitrogens with zero attached hydrogens (tertiary/aromatic N) is 2. The minimum Gasteiger partial charge on any atom is -0.472 e. The molecule has 6 heteroatoms. The highest BCUT2D eigenvalue weighted by molar-refractivity contribution is 6.31. The van der Waals surface area contributed by atoms with Crippen LogP contribution in [0.25, 0.3) is 0 Å². The second-order valence-electron chi connectivity index (χ2n) is 4.62. The van der Waals surface area contributed by atoms with Crippen LogP contribution in [0, 0.1) is 0 Å². The van der Waals surface area contributed by atoms with E-state index in [9.17, 15) is 0 Å². The first-order valence-electron chi connectivity index (χ1n) is 6.31. The maximum Gasteiger partial charge on any atom is 0.222 e. The molecule has 0 aliphatic carbocycles. The third-order valence-electron chi connectivity index (χ3n) is 2.88. The molecule has 0 bridgehead atoms. The Balaban J connectivity index is 2.24. The Bertz CT molecular complexity index is 589. The highest BCUT2D eigenvalue weighted by atomic mass is 35.5. The number of hydrogen-bond donors (Lipinski definition) is 2. The van der Waals surface area contributed by atoms with Crippen molar-refractivity contribution >= 4 is 17.4 Å². The molecular formula is C14H17ClN4O. The summed E-state index contributed by atoms with van der Waals surface area (Å²) in [5.41, 5.74) is 4.33. The Morgan fingerprint density at radius 1 is 1.30 bits per heavy atom. The van der Waals surface area contributed by atoms with Gasteiger partial charge in [-0.25, -0.2) is 15.8 Å². The van der Waals surface area contributed by atoms with E-state index in [1.807, 2.05) is 38.1 Å². The van der Waals surface area contributed by atoms with E-state index in [1.165, 1.54) is 6.33 Å². The topological polar surface area (TPSA) is 73.1 Å². The van der Waals surface area contributed by atoms with Gasteiger partial charge in [-0.2, -0.15) is 0 Å². The zero-order valence-corrected chi connectivity index (χ0v) is 12.2. The summed E-state index contributed by atoms with van der Waals surface area (Å²) in [6, 6.07) is 7.55. The molecule has 0 atom stereocenters. The van der Waals surface area contributed by atoms with E-state index >= 15 is 0 Å². The first-order chi connectivity index (χ1) is 9.63. The zero-order chi connectivity index (χ0) is 14.5. The lowest BCUT2D eigenvalue weighted by Crippen LogP contribution is -2.14. The van der Waals surface area contributed by atoms with Gasteiger partial charge in [-0.05, 0) is 12.0 Å². The predicted molar refractivity (Wildman–Crippen MR) is 79.7 cm³/mol. The molecule has 0 saturated heterocycles. The fraction of sp³-hybridized carbons (Fsp3) is 0.286. The summed E-state index contributed by atoms with van der Waals surface area (Å²) < 4.78 is 5.78. The van der Waals surface area contributed by atoms with Gasteiger partial charge in [0.25, 0.3) is 0 Å². The molecule has 2 aromatic rings. The van der Waals surface area contributed by atoms with Crippen molar-refractivity contribution in [3.8, 4) is 5.88 Å². The number of hydrogen-bond acceptors (Lipinski definition) is 5. The number of ether oxygens (including phenoxy) is 1. The number of rotatable bonds is 5. The highest BCUT2D eigenvalue weighted by Crippen LogP contribution is 2.30. The van der Waals surface area contributed by atoms with E-state index in [1.54, 1.807) is 0 Å². The Kier molecular flexibility index (Phi) is 4.76. The van der Waals surface area contributed by atoms with E-state index in [-0.39, 0.29) is 5.92 Å². The van der Waals surface area contributed by atoms with Crippen LogP contribution < -0.4 is 16.0 Å². The smallest absolute Gasteiger partial charge is 0.222 e. The van der Waals surface area contributed by atoms with Crippen molar-refractivity contribution in [3.05, 3.63) is 46.7 Å². The van der Waals surface area contributed by atoms with Gasteiger partial charge in [-0.1, -0.05) is 43.6 Å². The number of aromatic nitrogens is 2.